The molecule has 7 nitrogen and oxygen atoms in total. The molecular weight excluding hydrogens is 521 g/mol. The fraction of sp³-hybridized carbons (Fsp3) is 0.455. The molecule has 1 aliphatic rings. The van der Waals surface area contributed by atoms with Gasteiger partial charge in [-0.05, 0) is 60.7 Å². The first-order valence-corrected chi connectivity index (χ1v) is 14.5. The van der Waals surface area contributed by atoms with Crippen LogP contribution < -0.4 is 9.47 Å². The fourth-order valence-corrected chi connectivity index (χ4v) is 5.58. The van der Waals surface area contributed by atoms with Crippen LogP contribution in [-0.4, -0.2) is 59.5 Å². The minimum Gasteiger partial charge on any atom is -0.497 e. The Balaban J connectivity index is 1.58. The highest BCUT2D eigenvalue weighted by molar-refractivity contribution is 5.99. The maximum Gasteiger partial charge on any atom is 0.258 e. The Labute approximate surface area is 242 Å². The number of ether oxygens (including phenoxy) is 2. The molecule has 1 aromatic heterocycles. The highest BCUT2D eigenvalue weighted by Gasteiger charge is 2.30. The van der Waals surface area contributed by atoms with Crippen LogP contribution in [0, 0.1) is 11.7 Å². The first-order chi connectivity index (χ1) is 19.8. The molecule has 2 amide bonds. The summed E-state index contributed by atoms with van der Waals surface area (Å²) in [7, 11) is 3.09. The van der Waals surface area contributed by atoms with E-state index in [0.29, 0.717) is 36.7 Å². The molecule has 0 N–H and O–H groups in total. The molecule has 3 aromatic rings. The van der Waals surface area contributed by atoms with E-state index < -0.39 is 0 Å². The van der Waals surface area contributed by atoms with Crippen LogP contribution in [0.3, 0.4) is 0 Å². The summed E-state index contributed by atoms with van der Waals surface area (Å²) < 4.78 is 26.4. The van der Waals surface area contributed by atoms with Crippen LogP contribution in [0.15, 0.2) is 60.8 Å². The minimum absolute atomic E-state index is 0.0125. The Morgan fingerprint density at radius 1 is 1.00 bits per heavy atom. The molecule has 8 heteroatoms. The largest absolute Gasteiger partial charge is 0.497 e. The molecular formula is C33H42FN3O4. The summed E-state index contributed by atoms with van der Waals surface area (Å²) in [6, 6.07) is 15.7. The van der Waals surface area contributed by atoms with Crippen molar-refractivity contribution in [3.63, 3.8) is 0 Å². The molecule has 0 aliphatic heterocycles. The Kier molecular flexibility index (Phi) is 10.4. The minimum atomic E-state index is -0.261. The maximum atomic E-state index is 14.1. The highest BCUT2D eigenvalue weighted by atomic mass is 19.1. The zero-order chi connectivity index (χ0) is 29.4. The van der Waals surface area contributed by atoms with Gasteiger partial charge in [-0.3, -0.25) is 9.59 Å². The topological polar surface area (TPSA) is 64.0 Å². The predicted molar refractivity (Wildman–Crippen MR) is 158 cm³/mol. The normalized spacial score (nSPS) is 13.7. The number of methoxy groups -OCH3 is 2. The van der Waals surface area contributed by atoms with Crippen molar-refractivity contribution in [1.29, 1.82) is 0 Å². The zero-order valence-corrected chi connectivity index (χ0v) is 24.6. The summed E-state index contributed by atoms with van der Waals surface area (Å²) >= 11 is 0. The molecule has 0 saturated heterocycles. The lowest BCUT2D eigenvalue weighted by Gasteiger charge is -2.36. The molecule has 220 valence electrons. The molecule has 1 heterocycles. The number of carbonyl (C=O) groups is 2. The highest BCUT2D eigenvalue weighted by Crippen LogP contribution is 2.28. The number of carbonyl (C=O) groups excluding carboxylic acids is 2. The molecule has 1 fully saturated rings. The Hall–Kier alpha value is -3.81. The van der Waals surface area contributed by atoms with Gasteiger partial charge in [0, 0.05) is 37.1 Å². The van der Waals surface area contributed by atoms with E-state index in [1.54, 1.807) is 42.3 Å². The fourth-order valence-electron chi connectivity index (χ4n) is 5.58. The Morgan fingerprint density at radius 2 is 1.73 bits per heavy atom. The van der Waals surface area contributed by atoms with Gasteiger partial charge in [-0.1, -0.05) is 45.2 Å². The van der Waals surface area contributed by atoms with Gasteiger partial charge in [-0.25, -0.2) is 4.39 Å². The molecule has 1 saturated carbocycles. The van der Waals surface area contributed by atoms with Gasteiger partial charge in [0.2, 0.25) is 5.91 Å². The van der Waals surface area contributed by atoms with Crippen molar-refractivity contribution in [1.82, 2.24) is 14.4 Å². The predicted octanol–water partition coefficient (Wildman–Crippen LogP) is 6.15. The molecule has 0 spiro atoms. The number of hydrogen-bond acceptors (Lipinski definition) is 4. The van der Waals surface area contributed by atoms with Gasteiger partial charge in [-0.2, -0.15) is 0 Å². The van der Waals surface area contributed by atoms with Crippen molar-refractivity contribution < 1.29 is 23.5 Å². The van der Waals surface area contributed by atoms with Crippen molar-refractivity contribution >= 4 is 11.8 Å². The van der Waals surface area contributed by atoms with Gasteiger partial charge in [0.1, 0.15) is 23.9 Å². The summed E-state index contributed by atoms with van der Waals surface area (Å²) in [6.07, 6.45) is 7.25. The van der Waals surface area contributed by atoms with Crippen LogP contribution in [0.25, 0.3) is 0 Å². The number of benzene rings is 2. The third-order valence-electron chi connectivity index (χ3n) is 7.70. The average molecular weight is 564 g/mol. The lowest BCUT2D eigenvalue weighted by atomic mass is 9.94. The molecule has 4 rings (SSSR count). The second-order valence-corrected chi connectivity index (χ2v) is 11.2. The Morgan fingerprint density at radius 3 is 2.39 bits per heavy atom. The molecule has 2 aromatic carbocycles. The second-order valence-electron chi connectivity index (χ2n) is 11.2. The van der Waals surface area contributed by atoms with Gasteiger partial charge >= 0.3 is 0 Å². The molecule has 41 heavy (non-hydrogen) atoms. The molecule has 0 bridgehead atoms. The molecule has 0 radical (unpaired) electrons. The number of amides is 2. The zero-order valence-electron chi connectivity index (χ0n) is 24.6. The van der Waals surface area contributed by atoms with Crippen LogP contribution in [0.5, 0.6) is 11.5 Å². The van der Waals surface area contributed by atoms with Crippen LogP contribution in [0.2, 0.25) is 0 Å². The molecule has 0 atom stereocenters. The summed E-state index contributed by atoms with van der Waals surface area (Å²) in [5, 5.41) is 0. The Bertz CT molecular complexity index is 1300. The number of hydrogen-bond donors (Lipinski definition) is 0. The van der Waals surface area contributed by atoms with E-state index in [2.05, 4.69) is 4.57 Å². The third-order valence-corrected chi connectivity index (χ3v) is 7.70. The summed E-state index contributed by atoms with van der Waals surface area (Å²) in [5.74, 6) is 0.619. The van der Waals surface area contributed by atoms with E-state index in [0.717, 1.165) is 36.9 Å². The summed E-state index contributed by atoms with van der Waals surface area (Å²) in [5.41, 5.74) is 2.40. The van der Waals surface area contributed by atoms with Crippen LogP contribution in [-0.2, 0) is 17.9 Å². The molecule has 1 aliphatic carbocycles. The smallest absolute Gasteiger partial charge is 0.258 e. The lowest BCUT2D eigenvalue weighted by molar-refractivity contribution is -0.135. The average Bonchev–Trinajstić information content (AvgIpc) is 3.42. The van der Waals surface area contributed by atoms with E-state index in [1.165, 1.54) is 25.7 Å². The lowest BCUT2D eigenvalue weighted by Crippen LogP contribution is -2.48. The molecule has 0 unspecified atom stereocenters. The van der Waals surface area contributed by atoms with Crippen LogP contribution in [0.1, 0.15) is 67.6 Å². The van der Waals surface area contributed by atoms with Crippen molar-refractivity contribution in [3.05, 3.63) is 83.4 Å². The number of aromatic nitrogens is 1. The summed E-state index contributed by atoms with van der Waals surface area (Å²) in [4.78, 5) is 31.5. The van der Waals surface area contributed by atoms with Crippen molar-refractivity contribution in [2.75, 3.05) is 27.3 Å². The maximum absolute atomic E-state index is 14.1. The van der Waals surface area contributed by atoms with Gasteiger partial charge in [0.25, 0.3) is 5.91 Å². The van der Waals surface area contributed by atoms with Crippen molar-refractivity contribution in [3.8, 4) is 11.5 Å². The first-order valence-electron chi connectivity index (χ1n) is 14.5. The van der Waals surface area contributed by atoms with Gasteiger partial charge < -0.3 is 23.8 Å². The van der Waals surface area contributed by atoms with Crippen molar-refractivity contribution in [2.24, 2.45) is 5.92 Å². The van der Waals surface area contributed by atoms with Gasteiger partial charge in [0.05, 0.1) is 26.3 Å². The summed E-state index contributed by atoms with van der Waals surface area (Å²) in [6.45, 7) is 5.55. The standard InChI is InChI=1S/C33H42FN3O4/c1-24(2)20-36(33(39)30-17-16-29(40-3)19-31(30)41-4)23-32(38)37(27-9-6-5-7-10-27)22-28-11-8-18-35(28)21-25-12-14-26(34)15-13-25/h8,11-19,24,27H,5-7,9-10,20-23H2,1-4H3. The van der Waals surface area contributed by atoms with E-state index >= 15 is 0 Å². The van der Waals surface area contributed by atoms with Gasteiger partial charge in [0.15, 0.2) is 0 Å². The van der Waals surface area contributed by atoms with E-state index in [-0.39, 0.29) is 36.1 Å². The van der Waals surface area contributed by atoms with E-state index in [9.17, 15) is 14.0 Å². The van der Waals surface area contributed by atoms with Crippen molar-refractivity contribution in [2.45, 2.75) is 65.1 Å². The second kappa shape index (κ2) is 14.2. The van der Waals surface area contributed by atoms with E-state index in [4.69, 9.17) is 9.47 Å². The monoisotopic (exact) mass is 563 g/mol. The van der Waals surface area contributed by atoms with Crippen LogP contribution in [0.4, 0.5) is 4.39 Å². The van der Waals surface area contributed by atoms with Crippen LogP contribution >= 0.6 is 0 Å². The van der Waals surface area contributed by atoms with Gasteiger partial charge in [-0.15, -0.1) is 0 Å². The quantitative estimate of drug-likeness (QED) is 0.265. The number of halogens is 1. The third kappa shape index (κ3) is 7.90. The number of nitrogens with zero attached hydrogens (tertiary/aromatic N) is 3. The first kappa shape index (κ1) is 30.2. The van der Waals surface area contributed by atoms with E-state index in [1.807, 2.05) is 37.1 Å². The number of rotatable bonds is 12. The SMILES string of the molecule is COc1ccc(C(=O)N(CC(=O)N(Cc2cccn2Cc2ccc(F)cc2)C2CCCCC2)CC(C)C)c(OC)c1.